The SMILES string of the molecule is Cc1ccc2nc(-c3ccc(Cl)cc3)cc(C(=O)OCC(=O)c3ccc(-c4ccccc4)cc3)c2c1. The summed E-state index contributed by atoms with van der Waals surface area (Å²) in [6.07, 6.45) is 0. The van der Waals surface area contributed by atoms with Gasteiger partial charge in [-0.1, -0.05) is 90.0 Å². The summed E-state index contributed by atoms with van der Waals surface area (Å²) in [5, 5.41) is 1.29. The lowest BCUT2D eigenvalue weighted by Gasteiger charge is -2.11. The number of aromatic nitrogens is 1. The highest BCUT2D eigenvalue weighted by Crippen LogP contribution is 2.27. The molecule has 0 bridgehead atoms. The van der Waals surface area contributed by atoms with Crippen LogP contribution in [0.5, 0.6) is 0 Å². The zero-order valence-electron chi connectivity index (χ0n) is 19.6. The minimum atomic E-state index is -0.572. The first-order valence-electron chi connectivity index (χ1n) is 11.5. The standard InChI is InChI=1S/C31H22ClNO3/c1-20-7-16-28-26(17-20)27(18-29(33-28)23-12-14-25(32)15-13-23)31(35)36-19-30(34)24-10-8-22(9-11-24)21-5-3-2-4-6-21/h2-18H,19H2,1H3. The number of rotatable bonds is 6. The largest absolute Gasteiger partial charge is 0.454 e. The van der Waals surface area contributed by atoms with Crippen molar-refractivity contribution in [1.82, 2.24) is 4.98 Å². The molecule has 0 saturated carbocycles. The summed E-state index contributed by atoms with van der Waals surface area (Å²) >= 11 is 6.03. The summed E-state index contributed by atoms with van der Waals surface area (Å²) in [4.78, 5) is 30.6. The lowest BCUT2D eigenvalue weighted by atomic mass is 10.0. The molecule has 0 aliphatic heterocycles. The number of esters is 1. The van der Waals surface area contributed by atoms with Crippen molar-refractivity contribution in [2.75, 3.05) is 6.61 Å². The molecule has 5 heteroatoms. The Balaban J connectivity index is 1.38. The molecule has 176 valence electrons. The Hall–Kier alpha value is -4.28. The number of aryl methyl sites for hydroxylation is 1. The predicted octanol–water partition coefficient (Wildman–Crippen LogP) is 7.57. The molecule has 0 amide bonds. The molecule has 5 aromatic rings. The van der Waals surface area contributed by atoms with Crippen LogP contribution in [0, 0.1) is 6.92 Å². The Morgan fingerprint density at radius 2 is 1.44 bits per heavy atom. The van der Waals surface area contributed by atoms with Gasteiger partial charge in [0.1, 0.15) is 0 Å². The number of Topliss-reactive ketones (excluding diaryl/α,β-unsaturated/α-hetero) is 1. The van der Waals surface area contributed by atoms with E-state index in [4.69, 9.17) is 21.3 Å². The number of carbonyl (C=O) groups is 2. The summed E-state index contributed by atoms with van der Waals surface area (Å²) < 4.78 is 5.48. The molecule has 4 aromatic carbocycles. The van der Waals surface area contributed by atoms with E-state index in [1.54, 1.807) is 30.3 Å². The number of halogens is 1. The fraction of sp³-hybridized carbons (Fsp3) is 0.0645. The van der Waals surface area contributed by atoms with E-state index in [2.05, 4.69) is 0 Å². The monoisotopic (exact) mass is 491 g/mol. The van der Waals surface area contributed by atoms with Gasteiger partial charge in [0.15, 0.2) is 12.4 Å². The summed E-state index contributed by atoms with van der Waals surface area (Å²) in [5.41, 5.74) is 6.04. The number of carbonyl (C=O) groups excluding carboxylic acids is 2. The Morgan fingerprint density at radius 3 is 2.17 bits per heavy atom. The molecule has 0 N–H and O–H groups in total. The van der Waals surface area contributed by atoms with Crippen molar-refractivity contribution in [3.8, 4) is 22.4 Å². The highest BCUT2D eigenvalue weighted by Gasteiger charge is 2.18. The van der Waals surface area contributed by atoms with Crippen LogP contribution in [-0.4, -0.2) is 23.3 Å². The number of benzene rings is 4. The lowest BCUT2D eigenvalue weighted by Crippen LogP contribution is -2.15. The second kappa shape index (κ2) is 10.1. The van der Waals surface area contributed by atoms with Gasteiger partial charge in [-0.05, 0) is 48.4 Å². The van der Waals surface area contributed by atoms with E-state index in [1.807, 2.05) is 79.7 Å². The van der Waals surface area contributed by atoms with Gasteiger partial charge in [-0.3, -0.25) is 4.79 Å². The first kappa shape index (κ1) is 23.5. The van der Waals surface area contributed by atoms with Gasteiger partial charge in [0, 0.05) is 21.5 Å². The number of hydrogen-bond donors (Lipinski definition) is 0. The van der Waals surface area contributed by atoms with Crippen LogP contribution in [0.15, 0.2) is 103 Å². The Kier molecular flexibility index (Phi) is 6.61. The quantitative estimate of drug-likeness (QED) is 0.181. The van der Waals surface area contributed by atoms with Gasteiger partial charge in [-0.15, -0.1) is 0 Å². The van der Waals surface area contributed by atoms with Crippen LogP contribution in [-0.2, 0) is 4.74 Å². The topological polar surface area (TPSA) is 56.3 Å². The van der Waals surface area contributed by atoms with Crippen molar-refractivity contribution in [2.45, 2.75) is 6.92 Å². The number of fused-ring (bicyclic) bond motifs is 1. The molecule has 0 radical (unpaired) electrons. The number of ether oxygens (including phenoxy) is 1. The van der Waals surface area contributed by atoms with Gasteiger partial charge in [0.05, 0.1) is 16.8 Å². The highest BCUT2D eigenvalue weighted by atomic mass is 35.5. The van der Waals surface area contributed by atoms with E-state index < -0.39 is 5.97 Å². The summed E-state index contributed by atoms with van der Waals surface area (Å²) in [7, 11) is 0. The third-order valence-corrected chi connectivity index (χ3v) is 6.22. The van der Waals surface area contributed by atoms with Crippen molar-refractivity contribution in [3.63, 3.8) is 0 Å². The smallest absolute Gasteiger partial charge is 0.339 e. The normalized spacial score (nSPS) is 10.8. The van der Waals surface area contributed by atoms with Gasteiger partial charge in [-0.2, -0.15) is 0 Å². The molecule has 36 heavy (non-hydrogen) atoms. The lowest BCUT2D eigenvalue weighted by molar-refractivity contribution is 0.0476. The fourth-order valence-electron chi connectivity index (χ4n) is 4.05. The number of hydrogen-bond acceptors (Lipinski definition) is 4. The Morgan fingerprint density at radius 1 is 0.778 bits per heavy atom. The van der Waals surface area contributed by atoms with Gasteiger partial charge >= 0.3 is 5.97 Å². The van der Waals surface area contributed by atoms with Crippen LogP contribution >= 0.6 is 11.6 Å². The Labute approximate surface area is 214 Å². The highest BCUT2D eigenvalue weighted by molar-refractivity contribution is 6.30. The van der Waals surface area contributed by atoms with E-state index in [0.717, 1.165) is 22.3 Å². The molecular weight excluding hydrogens is 470 g/mol. The second-order valence-electron chi connectivity index (χ2n) is 8.53. The molecule has 1 aromatic heterocycles. The van der Waals surface area contributed by atoms with E-state index in [0.29, 0.717) is 32.7 Å². The summed E-state index contributed by atoms with van der Waals surface area (Å²) in [5.74, 6) is -0.840. The van der Waals surface area contributed by atoms with E-state index in [-0.39, 0.29) is 12.4 Å². The number of ketones is 1. The minimum Gasteiger partial charge on any atom is -0.454 e. The molecule has 0 fully saturated rings. The van der Waals surface area contributed by atoms with Gasteiger partial charge < -0.3 is 4.74 Å². The molecule has 0 atom stereocenters. The molecule has 0 unspecified atom stereocenters. The summed E-state index contributed by atoms with van der Waals surface area (Å²) in [6, 6.07) is 31.9. The number of pyridine rings is 1. The summed E-state index contributed by atoms with van der Waals surface area (Å²) in [6.45, 7) is 1.60. The first-order chi connectivity index (χ1) is 17.5. The molecule has 5 rings (SSSR count). The van der Waals surface area contributed by atoms with Crippen molar-refractivity contribution in [3.05, 3.63) is 125 Å². The van der Waals surface area contributed by atoms with Crippen LogP contribution in [0.3, 0.4) is 0 Å². The van der Waals surface area contributed by atoms with E-state index in [9.17, 15) is 9.59 Å². The molecule has 4 nitrogen and oxygen atoms in total. The number of nitrogens with zero attached hydrogens (tertiary/aromatic N) is 1. The molecule has 0 aliphatic rings. The predicted molar refractivity (Wildman–Crippen MR) is 143 cm³/mol. The zero-order chi connectivity index (χ0) is 25.1. The van der Waals surface area contributed by atoms with Gasteiger partial charge in [-0.25, -0.2) is 9.78 Å². The average Bonchev–Trinajstić information content (AvgIpc) is 2.92. The van der Waals surface area contributed by atoms with Crippen LogP contribution in [0.25, 0.3) is 33.3 Å². The third-order valence-electron chi connectivity index (χ3n) is 5.97. The molecule has 0 saturated heterocycles. The third kappa shape index (κ3) is 5.04. The Bertz CT molecular complexity index is 1560. The van der Waals surface area contributed by atoms with Crippen molar-refractivity contribution in [2.24, 2.45) is 0 Å². The van der Waals surface area contributed by atoms with Crippen molar-refractivity contribution >= 4 is 34.3 Å². The molecule has 0 aliphatic carbocycles. The maximum Gasteiger partial charge on any atom is 0.339 e. The fourth-order valence-corrected chi connectivity index (χ4v) is 4.17. The maximum atomic E-state index is 13.2. The first-order valence-corrected chi connectivity index (χ1v) is 11.9. The molecule has 0 spiro atoms. The second-order valence-corrected chi connectivity index (χ2v) is 8.96. The van der Waals surface area contributed by atoms with Crippen LogP contribution in [0.2, 0.25) is 5.02 Å². The molecule has 1 heterocycles. The van der Waals surface area contributed by atoms with Crippen LogP contribution in [0.1, 0.15) is 26.3 Å². The van der Waals surface area contributed by atoms with Crippen LogP contribution in [0.4, 0.5) is 0 Å². The molecular formula is C31H22ClNO3. The maximum absolute atomic E-state index is 13.2. The van der Waals surface area contributed by atoms with Gasteiger partial charge in [0.2, 0.25) is 0 Å². The minimum absolute atomic E-state index is 0.268. The zero-order valence-corrected chi connectivity index (χ0v) is 20.3. The van der Waals surface area contributed by atoms with Crippen molar-refractivity contribution in [1.29, 1.82) is 0 Å². The van der Waals surface area contributed by atoms with Crippen LogP contribution < -0.4 is 0 Å². The van der Waals surface area contributed by atoms with Crippen molar-refractivity contribution < 1.29 is 14.3 Å². The van der Waals surface area contributed by atoms with E-state index in [1.165, 1.54) is 0 Å². The average molecular weight is 492 g/mol. The van der Waals surface area contributed by atoms with Gasteiger partial charge in [0.25, 0.3) is 0 Å². The van der Waals surface area contributed by atoms with E-state index >= 15 is 0 Å².